The Balaban J connectivity index is 1.92. The molecule has 2 aromatic rings. The van der Waals surface area contributed by atoms with Crippen LogP contribution < -0.4 is 0 Å². The van der Waals surface area contributed by atoms with E-state index in [9.17, 15) is 10.2 Å². The second kappa shape index (κ2) is 4.31. The van der Waals surface area contributed by atoms with Gasteiger partial charge in [0, 0.05) is 5.41 Å². The van der Waals surface area contributed by atoms with Gasteiger partial charge in [-0.1, -0.05) is 45.0 Å². The molecule has 2 aliphatic carbocycles. The largest absolute Gasteiger partial charge is 0.508 e. The molecule has 0 amide bonds. The Bertz CT molecular complexity index is 694. The van der Waals surface area contributed by atoms with Crippen LogP contribution in [0.5, 0.6) is 11.5 Å². The number of benzene rings is 2. The van der Waals surface area contributed by atoms with Gasteiger partial charge in [0.25, 0.3) is 0 Å². The summed E-state index contributed by atoms with van der Waals surface area (Å²) in [6.45, 7) is 7.19. The molecule has 0 saturated heterocycles. The summed E-state index contributed by atoms with van der Waals surface area (Å²) >= 11 is 0. The Kier molecular flexibility index (Phi) is 2.74. The van der Waals surface area contributed by atoms with Crippen LogP contribution in [0.15, 0.2) is 48.5 Å². The predicted molar refractivity (Wildman–Crippen MR) is 91.6 cm³/mol. The fourth-order valence-electron chi connectivity index (χ4n) is 5.14. The summed E-state index contributed by atoms with van der Waals surface area (Å²) in [4.78, 5) is 0. The molecule has 2 aromatic carbocycles. The van der Waals surface area contributed by atoms with Gasteiger partial charge in [0.15, 0.2) is 0 Å². The number of hydrogen-bond acceptors (Lipinski definition) is 2. The van der Waals surface area contributed by atoms with Crippen molar-refractivity contribution in [3.05, 3.63) is 59.7 Å². The highest BCUT2D eigenvalue weighted by Gasteiger charge is 2.73. The van der Waals surface area contributed by atoms with Crippen LogP contribution in [-0.4, -0.2) is 10.2 Å². The molecular weight excluding hydrogens is 284 g/mol. The average Bonchev–Trinajstić information content (AvgIpc) is 3.17. The summed E-state index contributed by atoms with van der Waals surface area (Å²) < 4.78 is 0. The highest BCUT2D eigenvalue weighted by atomic mass is 16.3. The van der Waals surface area contributed by atoms with E-state index in [1.165, 1.54) is 17.5 Å². The number of phenols is 2. The topological polar surface area (TPSA) is 40.5 Å². The zero-order valence-electron chi connectivity index (χ0n) is 14.0. The second-order valence-electron chi connectivity index (χ2n) is 8.30. The maximum absolute atomic E-state index is 9.69. The lowest BCUT2D eigenvalue weighted by Gasteiger charge is -2.36. The van der Waals surface area contributed by atoms with E-state index in [-0.39, 0.29) is 10.8 Å². The molecule has 120 valence electrons. The van der Waals surface area contributed by atoms with E-state index >= 15 is 0 Å². The maximum Gasteiger partial charge on any atom is 0.115 e. The maximum atomic E-state index is 9.69. The summed E-state index contributed by atoms with van der Waals surface area (Å²) in [5.74, 6) is 1.23. The molecule has 2 aliphatic rings. The summed E-state index contributed by atoms with van der Waals surface area (Å²) in [5.41, 5.74) is 3.16. The Morgan fingerprint density at radius 1 is 0.783 bits per heavy atom. The van der Waals surface area contributed by atoms with Gasteiger partial charge in [0.2, 0.25) is 0 Å². The normalized spacial score (nSPS) is 30.0. The minimum Gasteiger partial charge on any atom is -0.508 e. The van der Waals surface area contributed by atoms with Crippen LogP contribution in [0.25, 0.3) is 0 Å². The lowest BCUT2D eigenvalue weighted by Crippen LogP contribution is -2.30. The van der Waals surface area contributed by atoms with Crippen LogP contribution in [0.1, 0.15) is 44.7 Å². The summed E-state index contributed by atoms with van der Waals surface area (Å²) in [6, 6.07) is 15.5. The van der Waals surface area contributed by atoms with Crippen molar-refractivity contribution in [1.29, 1.82) is 0 Å². The molecule has 2 atom stereocenters. The van der Waals surface area contributed by atoms with Crippen molar-refractivity contribution in [3.8, 4) is 11.5 Å². The molecule has 2 nitrogen and oxygen atoms in total. The smallest absolute Gasteiger partial charge is 0.115 e. The van der Waals surface area contributed by atoms with Gasteiger partial charge in [-0.25, -0.2) is 0 Å². The molecular formula is C21H24O2. The molecule has 2 saturated carbocycles. The van der Waals surface area contributed by atoms with E-state index in [1.807, 2.05) is 0 Å². The van der Waals surface area contributed by atoms with Crippen molar-refractivity contribution >= 4 is 0 Å². The summed E-state index contributed by atoms with van der Waals surface area (Å²) in [7, 11) is 0. The fourth-order valence-corrected chi connectivity index (χ4v) is 5.14. The summed E-state index contributed by atoms with van der Waals surface area (Å²) in [5, 5.41) is 19.4. The summed E-state index contributed by atoms with van der Waals surface area (Å²) in [6.07, 6.45) is 2.33. The quantitative estimate of drug-likeness (QED) is 0.833. The van der Waals surface area contributed by atoms with Gasteiger partial charge < -0.3 is 10.2 Å². The average molecular weight is 308 g/mol. The van der Waals surface area contributed by atoms with Gasteiger partial charge in [0.1, 0.15) is 11.5 Å². The van der Waals surface area contributed by atoms with Gasteiger partial charge in [-0.15, -0.1) is 0 Å². The van der Waals surface area contributed by atoms with E-state index in [4.69, 9.17) is 0 Å². The molecule has 2 N–H and O–H groups in total. The van der Waals surface area contributed by atoms with Crippen molar-refractivity contribution in [1.82, 2.24) is 0 Å². The molecule has 2 unspecified atom stereocenters. The predicted octanol–water partition coefficient (Wildman–Crippen LogP) is 4.84. The van der Waals surface area contributed by atoms with Crippen molar-refractivity contribution in [2.45, 2.75) is 39.0 Å². The lowest BCUT2D eigenvalue weighted by molar-refractivity contribution is 0.217. The first kappa shape index (κ1) is 14.6. The van der Waals surface area contributed by atoms with E-state index in [1.54, 1.807) is 24.3 Å². The van der Waals surface area contributed by atoms with Crippen LogP contribution in [0.2, 0.25) is 0 Å². The third kappa shape index (κ3) is 1.81. The van der Waals surface area contributed by atoms with Crippen LogP contribution >= 0.6 is 0 Å². The van der Waals surface area contributed by atoms with E-state index in [2.05, 4.69) is 45.0 Å². The highest BCUT2D eigenvalue weighted by Crippen LogP contribution is 2.79. The van der Waals surface area contributed by atoms with Gasteiger partial charge in [-0.2, -0.15) is 0 Å². The fraction of sp³-hybridized carbons (Fsp3) is 0.429. The number of fused-ring (bicyclic) bond motifs is 1. The second-order valence-corrected chi connectivity index (χ2v) is 8.30. The molecule has 0 spiro atoms. The Hall–Kier alpha value is -1.96. The Labute approximate surface area is 137 Å². The first-order valence-electron chi connectivity index (χ1n) is 8.39. The molecule has 23 heavy (non-hydrogen) atoms. The van der Waals surface area contributed by atoms with Crippen molar-refractivity contribution < 1.29 is 10.2 Å². The van der Waals surface area contributed by atoms with Gasteiger partial charge in [0.05, 0.1) is 0 Å². The van der Waals surface area contributed by atoms with E-state index in [0.29, 0.717) is 22.8 Å². The molecule has 2 fully saturated rings. The van der Waals surface area contributed by atoms with Crippen molar-refractivity contribution in [2.75, 3.05) is 0 Å². The third-order valence-electron chi connectivity index (χ3n) is 6.86. The molecule has 2 heteroatoms. The monoisotopic (exact) mass is 308 g/mol. The first-order valence-corrected chi connectivity index (χ1v) is 8.39. The standard InChI is InChI=1S/C21H24O2/c1-19(2)13-21(18-12-20(18,19)3,14-4-8-16(22)9-5-14)15-6-10-17(23)11-7-15/h4-11,18,22-23H,12-13H2,1-3H3. The van der Waals surface area contributed by atoms with Gasteiger partial charge >= 0.3 is 0 Å². The number of aromatic hydroxyl groups is 2. The minimum atomic E-state index is -0.0281. The van der Waals surface area contributed by atoms with Crippen LogP contribution in [0, 0.1) is 16.7 Å². The van der Waals surface area contributed by atoms with Crippen molar-refractivity contribution in [2.24, 2.45) is 16.7 Å². The Morgan fingerprint density at radius 3 is 1.52 bits per heavy atom. The van der Waals surface area contributed by atoms with E-state index < -0.39 is 0 Å². The zero-order chi connectivity index (χ0) is 16.5. The molecule has 0 aliphatic heterocycles. The number of phenolic OH excluding ortho intramolecular Hbond substituents is 2. The lowest BCUT2D eigenvalue weighted by atomic mass is 9.67. The molecule has 0 radical (unpaired) electrons. The van der Waals surface area contributed by atoms with Gasteiger partial charge in [-0.3, -0.25) is 0 Å². The van der Waals surface area contributed by atoms with Crippen LogP contribution in [-0.2, 0) is 5.41 Å². The molecule has 0 aromatic heterocycles. The van der Waals surface area contributed by atoms with E-state index in [0.717, 1.165) is 6.42 Å². The van der Waals surface area contributed by atoms with Gasteiger partial charge in [-0.05, 0) is 65.0 Å². The van der Waals surface area contributed by atoms with Crippen LogP contribution in [0.3, 0.4) is 0 Å². The molecule has 0 bridgehead atoms. The highest BCUT2D eigenvalue weighted by molar-refractivity contribution is 5.49. The van der Waals surface area contributed by atoms with Crippen molar-refractivity contribution in [3.63, 3.8) is 0 Å². The minimum absolute atomic E-state index is 0.0281. The zero-order valence-corrected chi connectivity index (χ0v) is 14.0. The third-order valence-corrected chi connectivity index (χ3v) is 6.86. The number of rotatable bonds is 2. The SMILES string of the molecule is CC1(C)CC(c2ccc(O)cc2)(c2ccc(O)cc2)C2CC21C. The molecule has 0 heterocycles. The number of hydrogen-bond donors (Lipinski definition) is 2. The molecule has 4 rings (SSSR count). The Morgan fingerprint density at radius 2 is 1.22 bits per heavy atom. The first-order chi connectivity index (χ1) is 10.8. The van der Waals surface area contributed by atoms with Crippen LogP contribution in [0.4, 0.5) is 0 Å².